The zero-order chi connectivity index (χ0) is 42.0. The molecule has 0 aliphatic carbocycles. The first-order valence-electron chi connectivity index (χ1n) is 21.0. The third kappa shape index (κ3) is 14.6. The smallest absolute Gasteiger partial charge is 0.333 e. The molecule has 3 aliphatic rings. The summed E-state index contributed by atoms with van der Waals surface area (Å²) < 4.78 is 48.1. The van der Waals surface area contributed by atoms with Gasteiger partial charge < -0.3 is 48.1 Å². The minimum absolute atomic E-state index is 0.0971. The van der Waals surface area contributed by atoms with Crippen LogP contribution in [0.2, 0.25) is 0 Å². The first kappa shape index (κ1) is 47.0. The van der Waals surface area contributed by atoms with Crippen LogP contribution in [0.1, 0.15) is 124 Å². The van der Waals surface area contributed by atoms with Gasteiger partial charge in [0.1, 0.15) is 18.3 Å². The van der Waals surface area contributed by atoms with Crippen LogP contribution in [-0.4, -0.2) is 108 Å². The fourth-order valence-electron chi connectivity index (χ4n) is 7.27. The number of ether oxygens (including phenoxy) is 8. The van der Waals surface area contributed by atoms with Crippen molar-refractivity contribution in [3.05, 3.63) is 53.6 Å². The van der Waals surface area contributed by atoms with Crippen molar-refractivity contribution >= 4 is 30.0 Å². The van der Waals surface area contributed by atoms with E-state index in [0.29, 0.717) is 6.42 Å². The highest BCUT2D eigenvalue weighted by Gasteiger charge is 2.55. The number of esters is 4. The summed E-state index contributed by atoms with van der Waals surface area (Å²) in [6.07, 6.45) is 0.791. The molecule has 0 unspecified atom stereocenters. The third-order valence-electron chi connectivity index (χ3n) is 10.7. The molecule has 1 aromatic rings. The zero-order valence-electron chi connectivity index (χ0n) is 34.7. The Labute approximate surface area is 342 Å². The molecule has 0 radical (unpaired) electrons. The molecule has 1 aromatic carbocycles. The molecule has 3 fully saturated rings. The van der Waals surface area contributed by atoms with Gasteiger partial charge in [0.05, 0.1) is 18.8 Å². The van der Waals surface area contributed by atoms with Gasteiger partial charge in [-0.05, 0) is 51.7 Å². The van der Waals surface area contributed by atoms with Crippen LogP contribution >= 0.6 is 0 Å². The van der Waals surface area contributed by atoms with Crippen LogP contribution in [0, 0.1) is 0 Å². The molecule has 3 saturated heterocycles. The van der Waals surface area contributed by atoms with Crippen LogP contribution in [-0.2, 0) is 57.1 Å². The summed E-state index contributed by atoms with van der Waals surface area (Å²) in [7, 11) is 0. The summed E-state index contributed by atoms with van der Waals surface area (Å²) in [6.45, 7) is 7.91. The predicted molar refractivity (Wildman–Crippen MR) is 212 cm³/mol. The molecule has 324 valence electrons. The van der Waals surface area contributed by atoms with Crippen molar-refractivity contribution < 1.29 is 67.3 Å². The minimum atomic E-state index is -1.82. The standard InChI is InChI=1S/C44H64O14/c1-6-8-15-22-32-23-18-12-10-9-11-13-19-24-34(46)56-44-41(36(48)38(29(4)52-44)53-30(5)45)58-43-37(49)40(57-42(50)28(3)7-2)39(33(54-43)27-51-32)55-35(47)26-25-31-20-16-14-17-21-31/h7,14,16-17,20-21,25-26,29,32-33,36-41,43-44,48-49H,6,8-13,15,18-19,22-24,27H2,1-5H3/b26-25+,28-7+/t29-,32+,33-,36+,37-,38+,39-,40-,41-,43+,44+/m1/s1. The van der Waals surface area contributed by atoms with E-state index in [4.69, 9.17) is 37.9 Å². The SMILES string of the molecule is C/C=C(\C)C(=O)O[C@@H]1[C@@H](O)[C@@H]2O[C@H]3[C@H](OC(=O)CCCCCCCCC[C@H](CCCCC)OC[C@@H](O2)[C@H]1OC(=O)/C=C/c1ccccc1)O[C@H](C)[C@H](OC(C)=O)[C@@H]3O. The molecule has 14 heteroatoms. The minimum Gasteiger partial charge on any atom is -0.457 e. The number of unbranched alkanes of at least 4 members (excludes halogenated alkanes) is 2. The van der Waals surface area contributed by atoms with Gasteiger partial charge in [-0.25, -0.2) is 9.59 Å². The van der Waals surface area contributed by atoms with E-state index in [0.717, 1.165) is 76.2 Å². The number of hydrogen-bond donors (Lipinski definition) is 2. The summed E-state index contributed by atoms with van der Waals surface area (Å²) in [5.41, 5.74) is 0.966. The molecule has 2 bridgehead atoms. The Morgan fingerprint density at radius 2 is 1.53 bits per heavy atom. The van der Waals surface area contributed by atoms with Gasteiger partial charge in [0, 0.05) is 25.0 Å². The van der Waals surface area contributed by atoms with E-state index >= 15 is 0 Å². The number of fused-ring (bicyclic) bond motifs is 3. The Morgan fingerprint density at radius 1 is 0.828 bits per heavy atom. The first-order valence-corrected chi connectivity index (χ1v) is 21.0. The molecule has 58 heavy (non-hydrogen) atoms. The highest BCUT2D eigenvalue weighted by molar-refractivity contribution is 5.88. The fourth-order valence-corrected chi connectivity index (χ4v) is 7.27. The molecule has 0 amide bonds. The first-order chi connectivity index (χ1) is 27.9. The predicted octanol–water partition coefficient (Wildman–Crippen LogP) is 6.03. The number of hydrogen-bond acceptors (Lipinski definition) is 14. The van der Waals surface area contributed by atoms with Gasteiger partial charge in [-0.1, -0.05) is 101 Å². The van der Waals surface area contributed by atoms with Crippen LogP contribution in [0.25, 0.3) is 6.08 Å². The maximum Gasteiger partial charge on any atom is 0.333 e. The lowest BCUT2D eigenvalue weighted by Crippen LogP contribution is -2.65. The summed E-state index contributed by atoms with van der Waals surface area (Å²) in [4.78, 5) is 52.0. The number of rotatable bonds is 10. The third-order valence-corrected chi connectivity index (χ3v) is 10.7. The van der Waals surface area contributed by atoms with Gasteiger partial charge in [0.2, 0.25) is 6.29 Å². The van der Waals surface area contributed by atoms with Gasteiger partial charge in [0.15, 0.2) is 30.7 Å². The van der Waals surface area contributed by atoms with E-state index in [1.807, 2.05) is 30.3 Å². The largest absolute Gasteiger partial charge is 0.457 e. The average Bonchev–Trinajstić information content (AvgIpc) is 3.20. The Bertz CT molecular complexity index is 1500. The van der Waals surface area contributed by atoms with Crippen molar-refractivity contribution in [1.82, 2.24) is 0 Å². The van der Waals surface area contributed by atoms with Crippen molar-refractivity contribution in [3.8, 4) is 0 Å². The molecule has 3 heterocycles. The topological polar surface area (TPSA) is 183 Å². The lowest BCUT2D eigenvalue weighted by Gasteiger charge is -2.47. The van der Waals surface area contributed by atoms with E-state index < -0.39 is 85.3 Å². The summed E-state index contributed by atoms with van der Waals surface area (Å²) in [5.74, 6) is -2.87. The van der Waals surface area contributed by atoms with Crippen molar-refractivity contribution in [3.63, 3.8) is 0 Å². The quantitative estimate of drug-likeness (QED) is 0.121. The molecule has 11 atom stereocenters. The molecule has 0 saturated carbocycles. The second-order valence-corrected chi connectivity index (χ2v) is 15.4. The molecule has 0 aromatic heterocycles. The molecule has 3 aliphatic heterocycles. The van der Waals surface area contributed by atoms with E-state index in [9.17, 15) is 29.4 Å². The molecule has 4 rings (SSSR count). The second-order valence-electron chi connectivity index (χ2n) is 15.4. The molecule has 14 nitrogen and oxygen atoms in total. The van der Waals surface area contributed by atoms with Crippen LogP contribution < -0.4 is 0 Å². The zero-order valence-corrected chi connectivity index (χ0v) is 34.7. The number of aliphatic hydroxyl groups is 2. The van der Waals surface area contributed by atoms with Gasteiger partial charge in [-0.2, -0.15) is 0 Å². The molecule has 2 N–H and O–H groups in total. The number of benzene rings is 1. The number of carbonyl (C=O) groups excluding carboxylic acids is 4. The lowest BCUT2D eigenvalue weighted by atomic mass is 9.96. The molecular formula is C44H64O14. The molecule has 0 spiro atoms. The van der Waals surface area contributed by atoms with Gasteiger partial charge in [-0.3, -0.25) is 9.59 Å². The van der Waals surface area contributed by atoms with Gasteiger partial charge in [-0.15, -0.1) is 0 Å². The Morgan fingerprint density at radius 3 is 2.22 bits per heavy atom. The van der Waals surface area contributed by atoms with E-state index in [-0.39, 0.29) is 24.7 Å². The van der Waals surface area contributed by atoms with Crippen molar-refractivity contribution in [2.45, 2.75) is 186 Å². The summed E-state index contributed by atoms with van der Waals surface area (Å²) in [5, 5.41) is 23.6. The van der Waals surface area contributed by atoms with Crippen LogP contribution in [0.4, 0.5) is 0 Å². The maximum atomic E-state index is 13.5. The van der Waals surface area contributed by atoms with Crippen molar-refractivity contribution in [1.29, 1.82) is 0 Å². The van der Waals surface area contributed by atoms with Crippen LogP contribution in [0.5, 0.6) is 0 Å². The highest BCUT2D eigenvalue weighted by atomic mass is 16.8. The maximum absolute atomic E-state index is 13.5. The number of aliphatic hydroxyl groups excluding tert-OH is 2. The summed E-state index contributed by atoms with van der Waals surface area (Å²) >= 11 is 0. The van der Waals surface area contributed by atoms with Crippen LogP contribution in [0.3, 0.4) is 0 Å². The molecular weight excluding hydrogens is 752 g/mol. The van der Waals surface area contributed by atoms with Crippen molar-refractivity contribution in [2.24, 2.45) is 0 Å². The Kier molecular flexibility index (Phi) is 19.8. The highest BCUT2D eigenvalue weighted by Crippen LogP contribution is 2.34. The van der Waals surface area contributed by atoms with Gasteiger partial charge >= 0.3 is 23.9 Å². The van der Waals surface area contributed by atoms with Crippen molar-refractivity contribution in [2.75, 3.05) is 6.61 Å². The second kappa shape index (κ2) is 24.4. The Hall–Kier alpha value is -3.66. The van der Waals surface area contributed by atoms with Crippen LogP contribution in [0.15, 0.2) is 48.1 Å². The fraction of sp³-hybridized carbons (Fsp3) is 0.682. The van der Waals surface area contributed by atoms with E-state index in [1.54, 1.807) is 19.9 Å². The summed E-state index contributed by atoms with van der Waals surface area (Å²) in [6, 6.07) is 9.12. The number of allylic oxidation sites excluding steroid dienone is 1. The lowest BCUT2D eigenvalue weighted by molar-refractivity contribution is -0.361. The average molecular weight is 817 g/mol. The monoisotopic (exact) mass is 816 g/mol. The Balaban J connectivity index is 1.74. The van der Waals surface area contributed by atoms with E-state index in [2.05, 4.69) is 6.92 Å². The van der Waals surface area contributed by atoms with E-state index in [1.165, 1.54) is 26.0 Å². The van der Waals surface area contributed by atoms with Gasteiger partial charge in [0.25, 0.3) is 0 Å². The normalized spacial score (nSPS) is 32.3. The number of carbonyl (C=O) groups is 4.